The summed E-state index contributed by atoms with van der Waals surface area (Å²) in [5.74, 6) is 2.09. The van der Waals surface area contributed by atoms with E-state index in [4.69, 9.17) is 9.05 Å². The minimum atomic E-state index is -0.167. The summed E-state index contributed by atoms with van der Waals surface area (Å²) in [6.45, 7) is 3.36. The van der Waals surface area contributed by atoms with Gasteiger partial charge < -0.3 is 19.3 Å². The lowest BCUT2D eigenvalue weighted by Crippen LogP contribution is -2.44. The van der Waals surface area contributed by atoms with Crippen LogP contribution in [0.25, 0.3) is 11.4 Å². The summed E-state index contributed by atoms with van der Waals surface area (Å²) in [5, 5.41) is 10.7. The molecule has 0 spiro atoms. The van der Waals surface area contributed by atoms with Crippen LogP contribution in [0.5, 0.6) is 0 Å². The number of pyridine rings is 1. The Kier molecular flexibility index (Phi) is 5.27. The molecule has 3 aromatic rings. The van der Waals surface area contributed by atoms with Gasteiger partial charge in [-0.05, 0) is 25.0 Å². The maximum absolute atomic E-state index is 12.5. The van der Waals surface area contributed by atoms with Crippen molar-refractivity contribution in [2.75, 3.05) is 13.1 Å². The van der Waals surface area contributed by atoms with Crippen LogP contribution in [0.1, 0.15) is 43.3 Å². The summed E-state index contributed by atoms with van der Waals surface area (Å²) < 4.78 is 10.5. The molecule has 0 radical (unpaired) electrons. The predicted octanol–water partition coefficient (Wildman–Crippen LogP) is 2.17. The Balaban J connectivity index is 1.36. The van der Waals surface area contributed by atoms with Gasteiger partial charge in [0.2, 0.25) is 17.6 Å². The third-order valence-corrected chi connectivity index (χ3v) is 4.63. The zero-order valence-corrected chi connectivity index (χ0v) is 15.5. The lowest BCUT2D eigenvalue weighted by atomic mass is 9.98. The molecule has 1 aliphatic rings. The van der Waals surface area contributed by atoms with E-state index in [1.54, 1.807) is 17.3 Å². The van der Waals surface area contributed by atoms with Gasteiger partial charge in [-0.2, -0.15) is 9.97 Å². The van der Waals surface area contributed by atoms with Gasteiger partial charge in [0.15, 0.2) is 5.82 Å². The molecule has 1 atom stereocenters. The van der Waals surface area contributed by atoms with E-state index >= 15 is 0 Å². The number of carbonyl (C=O) groups excluding carboxylic acids is 1. The van der Waals surface area contributed by atoms with Crippen LogP contribution in [0.2, 0.25) is 0 Å². The summed E-state index contributed by atoms with van der Waals surface area (Å²) >= 11 is 0. The lowest BCUT2D eigenvalue weighted by Gasteiger charge is -2.30. The number of piperidine rings is 1. The van der Waals surface area contributed by atoms with Crippen molar-refractivity contribution in [3.63, 3.8) is 0 Å². The van der Waals surface area contributed by atoms with Gasteiger partial charge in [-0.1, -0.05) is 17.2 Å². The molecule has 0 saturated carbocycles. The van der Waals surface area contributed by atoms with Crippen molar-refractivity contribution in [2.24, 2.45) is 0 Å². The number of carbonyl (C=O) groups is 1. The van der Waals surface area contributed by atoms with Crippen LogP contribution in [-0.4, -0.2) is 49.3 Å². The Morgan fingerprint density at radius 3 is 3.04 bits per heavy atom. The second kappa shape index (κ2) is 8.15. The van der Waals surface area contributed by atoms with E-state index in [0.717, 1.165) is 18.4 Å². The van der Waals surface area contributed by atoms with E-state index in [1.807, 2.05) is 19.1 Å². The van der Waals surface area contributed by atoms with Crippen LogP contribution in [0.4, 0.5) is 4.79 Å². The second-order valence-corrected chi connectivity index (χ2v) is 6.60. The Morgan fingerprint density at radius 1 is 1.32 bits per heavy atom. The molecule has 3 aromatic heterocycles. The Morgan fingerprint density at radius 2 is 2.25 bits per heavy atom. The lowest BCUT2D eigenvalue weighted by molar-refractivity contribution is 0.171. The van der Waals surface area contributed by atoms with Crippen LogP contribution in [0.3, 0.4) is 0 Å². The van der Waals surface area contributed by atoms with Crippen molar-refractivity contribution in [1.82, 2.24) is 35.5 Å². The Labute approximate surface area is 161 Å². The molecule has 1 N–H and O–H groups in total. The van der Waals surface area contributed by atoms with Crippen molar-refractivity contribution in [2.45, 2.75) is 38.6 Å². The Hall–Kier alpha value is -3.30. The fourth-order valence-electron chi connectivity index (χ4n) is 3.15. The van der Waals surface area contributed by atoms with Crippen LogP contribution >= 0.6 is 0 Å². The fraction of sp³-hybridized carbons (Fsp3) is 0.444. The third kappa shape index (κ3) is 4.00. The predicted molar refractivity (Wildman–Crippen MR) is 97.0 cm³/mol. The zero-order valence-electron chi connectivity index (χ0n) is 15.5. The first-order valence-corrected chi connectivity index (χ1v) is 9.31. The molecule has 4 rings (SSSR count). The number of nitrogens with zero attached hydrogens (tertiary/aromatic N) is 6. The summed E-state index contributed by atoms with van der Waals surface area (Å²) in [4.78, 5) is 27.0. The molecule has 0 aliphatic carbocycles. The molecule has 146 valence electrons. The van der Waals surface area contributed by atoms with Gasteiger partial charge in [0.05, 0.1) is 12.5 Å². The third-order valence-electron chi connectivity index (χ3n) is 4.63. The number of hydrogen-bond donors (Lipinski definition) is 1. The van der Waals surface area contributed by atoms with Gasteiger partial charge in [0, 0.05) is 37.5 Å². The van der Waals surface area contributed by atoms with E-state index in [2.05, 4.69) is 30.6 Å². The highest BCUT2D eigenvalue weighted by Crippen LogP contribution is 2.27. The van der Waals surface area contributed by atoms with Gasteiger partial charge in [-0.25, -0.2) is 4.79 Å². The molecular weight excluding hydrogens is 362 g/mol. The van der Waals surface area contributed by atoms with E-state index in [1.165, 1.54) is 0 Å². The SMILES string of the molecule is CCc1nc(CNC(=O)N2CCCC(c3nc(-c4cccnc4)no3)C2)no1. The van der Waals surface area contributed by atoms with Crippen molar-refractivity contribution >= 4 is 6.03 Å². The van der Waals surface area contributed by atoms with Gasteiger partial charge in [0.1, 0.15) is 0 Å². The van der Waals surface area contributed by atoms with E-state index < -0.39 is 0 Å². The van der Waals surface area contributed by atoms with E-state index in [9.17, 15) is 4.79 Å². The topological polar surface area (TPSA) is 123 Å². The van der Waals surface area contributed by atoms with Gasteiger partial charge in [-0.15, -0.1) is 0 Å². The molecule has 1 saturated heterocycles. The average molecular weight is 383 g/mol. The maximum Gasteiger partial charge on any atom is 0.317 e. The summed E-state index contributed by atoms with van der Waals surface area (Å²) in [7, 11) is 0. The number of aromatic nitrogens is 5. The van der Waals surface area contributed by atoms with Crippen molar-refractivity contribution in [3.05, 3.63) is 42.1 Å². The fourth-order valence-corrected chi connectivity index (χ4v) is 3.15. The molecule has 4 heterocycles. The molecule has 28 heavy (non-hydrogen) atoms. The molecule has 0 bridgehead atoms. The standard InChI is InChI=1S/C18H21N7O3/c1-2-15-21-14(23-27-15)10-20-18(26)25-8-4-6-13(11-25)17-22-16(24-28-17)12-5-3-7-19-9-12/h3,5,7,9,13H,2,4,6,8,10-11H2,1H3,(H,20,26). The number of hydrogen-bond acceptors (Lipinski definition) is 8. The number of amides is 2. The van der Waals surface area contributed by atoms with Crippen LogP contribution < -0.4 is 5.32 Å². The highest BCUT2D eigenvalue weighted by atomic mass is 16.5. The summed E-state index contributed by atoms with van der Waals surface area (Å²) in [6.07, 6.45) is 5.81. The molecule has 1 fully saturated rings. The maximum atomic E-state index is 12.5. The quantitative estimate of drug-likeness (QED) is 0.711. The molecule has 10 heteroatoms. The van der Waals surface area contributed by atoms with Crippen LogP contribution in [-0.2, 0) is 13.0 Å². The number of urea groups is 1. The number of rotatable bonds is 5. The zero-order chi connectivity index (χ0) is 19.3. The molecule has 1 aliphatic heterocycles. The number of aryl methyl sites for hydroxylation is 1. The van der Waals surface area contributed by atoms with E-state index in [0.29, 0.717) is 42.9 Å². The highest BCUT2D eigenvalue weighted by molar-refractivity contribution is 5.74. The minimum Gasteiger partial charge on any atom is -0.339 e. The summed E-state index contributed by atoms with van der Waals surface area (Å²) in [6, 6.07) is 3.54. The first kappa shape index (κ1) is 18.1. The number of nitrogens with one attached hydrogen (secondary N) is 1. The smallest absolute Gasteiger partial charge is 0.317 e. The summed E-state index contributed by atoms with van der Waals surface area (Å²) in [5.41, 5.74) is 0.800. The minimum absolute atomic E-state index is 0.00860. The van der Waals surface area contributed by atoms with Crippen molar-refractivity contribution < 1.29 is 13.8 Å². The first-order chi connectivity index (χ1) is 13.7. The van der Waals surface area contributed by atoms with Crippen LogP contribution in [0.15, 0.2) is 33.6 Å². The monoisotopic (exact) mass is 383 g/mol. The largest absolute Gasteiger partial charge is 0.339 e. The molecule has 1 unspecified atom stereocenters. The Bertz CT molecular complexity index is 924. The molecule has 2 amide bonds. The molecule has 0 aromatic carbocycles. The van der Waals surface area contributed by atoms with Gasteiger partial charge in [0.25, 0.3) is 0 Å². The normalized spacial score (nSPS) is 16.9. The van der Waals surface area contributed by atoms with Crippen molar-refractivity contribution in [3.8, 4) is 11.4 Å². The second-order valence-electron chi connectivity index (χ2n) is 6.60. The number of likely N-dealkylation sites (tertiary alicyclic amines) is 1. The van der Waals surface area contributed by atoms with Gasteiger partial charge in [-0.3, -0.25) is 4.98 Å². The van der Waals surface area contributed by atoms with Crippen LogP contribution in [0, 0.1) is 0 Å². The first-order valence-electron chi connectivity index (χ1n) is 9.31. The van der Waals surface area contributed by atoms with E-state index in [-0.39, 0.29) is 18.5 Å². The average Bonchev–Trinajstić information content (AvgIpc) is 3.42. The molecular formula is C18H21N7O3. The van der Waals surface area contributed by atoms with Crippen molar-refractivity contribution in [1.29, 1.82) is 0 Å². The molecule has 10 nitrogen and oxygen atoms in total. The highest BCUT2D eigenvalue weighted by Gasteiger charge is 2.28. The van der Waals surface area contributed by atoms with Gasteiger partial charge >= 0.3 is 6.03 Å².